The number of pyridine rings is 1. The van der Waals surface area contributed by atoms with E-state index in [9.17, 15) is 4.79 Å². The van der Waals surface area contributed by atoms with Crippen LogP contribution in [0, 0.1) is 6.92 Å². The van der Waals surface area contributed by atoms with Gasteiger partial charge in [-0.1, -0.05) is 0 Å². The predicted octanol–water partition coefficient (Wildman–Crippen LogP) is 2.26. The molecule has 0 unspecified atom stereocenters. The maximum atomic E-state index is 11.0. The first-order valence-electron chi connectivity index (χ1n) is 5.03. The number of aryl methyl sites for hydroxylation is 1. The van der Waals surface area contributed by atoms with Crippen LogP contribution in [-0.2, 0) is 6.61 Å². The van der Waals surface area contributed by atoms with Gasteiger partial charge in [0, 0.05) is 5.69 Å². The van der Waals surface area contributed by atoms with E-state index in [0.717, 1.165) is 0 Å². The van der Waals surface area contributed by atoms with E-state index in [-0.39, 0.29) is 18.1 Å². The summed E-state index contributed by atoms with van der Waals surface area (Å²) < 4.78 is 10.4. The molecule has 0 saturated carbocycles. The number of ether oxygens (including phenoxy) is 1. The number of aromatic carboxylic acids is 1. The van der Waals surface area contributed by atoms with Crippen LogP contribution >= 0.6 is 0 Å². The van der Waals surface area contributed by atoms with Gasteiger partial charge in [0.05, 0.1) is 6.26 Å². The van der Waals surface area contributed by atoms with Crippen molar-refractivity contribution < 1.29 is 19.1 Å². The zero-order valence-corrected chi connectivity index (χ0v) is 9.21. The van der Waals surface area contributed by atoms with Gasteiger partial charge >= 0.3 is 5.97 Å². The molecule has 1 N–H and O–H groups in total. The molecule has 0 saturated heterocycles. The molecule has 2 rings (SSSR count). The van der Waals surface area contributed by atoms with Gasteiger partial charge < -0.3 is 14.3 Å². The quantitative estimate of drug-likeness (QED) is 0.876. The highest BCUT2D eigenvalue weighted by Gasteiger charge is 2.13. The summed E-state index contributed by atoms with van der Waals surface area (Å²) in [6.07, 6.45) is 1.53. The molecule has 0 aromatic carbocycles. The molecule has 5 nitrogen and oxygen atoms in total. The number of carboxylic acid groups (broad SMARTS) is 1. The Kier molecular flexibility index (Phi) is 3.09. The van der Waals surface area contributed by atoms with E-state index in [1.807, 2.05) is 0 Å². The minimum absolute atomic E-state index is 0.0437. The number of rotatable bonds is 4. The summed E-state index contributed by atoms with van der Waals surface area (Å²) >= 11 is 0. The van der Waals surface area contributed by atoms with Crippen molar-refractivity contribution >= 4 is 5.97 Å². The van der Waals surface area contributed by atoms with E-state index >= 15 is 0 Å². The molecule has 5 heteroatoms. The van der Waals surface area contributed by atoms with E-state index in [1.54, 1.807) is 25.1 Å². The van der Waals surface area contributed by atoms with E-state index in [4.69, 9.17) is 14.3 Å². The Morgan fingerprint density at radius 3 is 2.94 bits per heavy atom. The van der Waals surface area contributed by atoms with Crippen molar-refractivity contribution in [3.05, 3.63) is 47.5 Å². The lowest BCUT2D eigenvalue weighted by Crippen LogP contribution is -2.05. The second kappa shape index (κ2) is 4.69. The van der Waals surface area contributed by atoms with Crippen molar-refractivity contribution in [2.45, 2.75) is 13.5 Å². The molecule has 2 heterocycles. The van der Waals surface area contributed by atoms with Crippen LogP contribution in [-0.4, -0.2) is 16.1 Å². The number of hydrogen-bond donors (Lipinski definition) is 1. The lowest BCUT2D eigenvalue weighted by Gasteiger charge is -2.07. The van der Waals surface area contributed by atoms with Crippen LogP contribution in [0.25, 0.3) is 0 Å². The fourth-order valence-corrected chi connectivity index (χ4v) is 1.34. The summed E-state index contributed by atoms with van der Waals surface area (Å²) in [6, 6.07) is 6.59. The largest absolute Gasteiger partial charge is 0.477 e. The number of carboxylic acids is 1. The Hall–Kier alpha value is -2.30. The highest BCUT2D eigenvalue weighted by atomic mass is 16.5. The predicted molar refractivity (Wildman–Crippen MR) is 59.0 cm³/mol. The third-order valence-electron chi connectivity index (χ3n) is 2.16. The summed E-state index contributed by atoms with van der Waals surface area (Å²) in [6.45, 7) is 1.93. The molecule has 0 fully saturated rings. The lowest BCUT2D eigenvalue weighted by molar-refractivity contribution is 0.0690. The van der Waals surface area contributed by atoms with Gasteiger partial charge in [-0.3, -0.25) is 0 Å². The topological polar surface area (TPSA) is 72.6 Å². The molecule has 2 aromatic rings. The third kappa shape index (κ3) is 2.63. The van der Waals surface area contributed by atoms with Crippen molar-refractivity contribution in [1.82, 2.24) is 4.98 Å². The maximum Gasteiger partial charge on any atom is 0.341 e. The molecule has 0 spiro atoms. The van der Waals surface area contributed by atoms with Crippen LogP contribution in [0.15, 0.2) is 34.9 Å². The fourth-order valence-electron chi connectivity index (χ4n) is 1.34. The normalized spacial score (nSPS) is 10.2. The summed E-state index contributed by atoms with van der Waals surface area (Å²) in [7, 11) is 0. The monoisotopic (exact) mass is 233 g/mol. The van der Waals surface area contributed by atoms with Gasteiger partial charge in [0.1, 0.15) is 17.9 Å². The summed E-state index contributed by atoms with van der Waals surface area (Å²) in [5, 5.41) is 8.97. The Labute approximate surface area is 97.7 Å². The second-order valence-electron chi connectivity index (χ2n) is 3.48. The smallest absolute Gasteiger partial charge is 0.341 e. The van der Waals surface area contributed by atoms with Crippen LogP contribution < -0.4 is 4.74 Å². The van der Waals surface area contributed by atoms with Gasteiger partial charge in [-0.05, 0) is 31.2 Å². The molecule has 0 bridgehead atoms. The first-order chi connectivity index (χ1) is 8.16. The second-order valence-corrected chi connectivity index (χ2v) is 3.48. The molecule has 0 aliphatic rings. The third-order valence-corrected chi connectivity index (χ3v) is 2.16. The standard InChI is InChI=1S/C12H11NO4/c1-8-4-5-10(12(14)15)11(13-8)17-7-9-3-2-6-16-9/h2-6H,7H2,1H3,(H,14,15). The molecular formula is C12H11NO4. The number of carbonyl (C=O) groups is 1. The fraction of sp³-hybridized carbons (Fsp3) is 0.167. The number of hydrogen-bond acceptors (Lipinski definition) is 4. The van der Waals surface area contributed by atoms with E-state index in [1.165, 1.54) is 12.3 Å². The van der Waals surface area contributed by atoms with Gasteiger partial charge in [0.25, 0.3) is 0 Å². The van der Waals surface area contributed by atoms with Crippen molar-refractivity contribution in [3.63, 3.8) is 0 Å². The van der Waals surface area contributed by atoms with Crippen molar-refractivity contribution in [2.75, 3.05) is 0 Å². The first kappa shape index (κ1) is 11.2. The Morgan fingerprint density at radius 1 is 1.47 bits per heavy atom. The molecular weight excluding hydrogens is 222 g/mol. The molecule has 0 atom stereocenters. The SMILES string of the molecule is Cc1ccc(C(=O)O)c(OCc2ccco2)n1. The van der Waals surface area contributed by atoms with Crippen molar-refractivity contribution in [2.24, 2.45) is 0 Å². The Morgan fingerprint density at radius 2 is 2.29 bits per heavy atom. The minimum atomic E-state index is -1.06. The van der Waals surface area contributed by atoms with Crippen LogP contribution in [0.1, 0.15) is 21.8 Å². The van der Waals surface area contributed by atoms with E-state index < -0.39 is 5.97 Å². The summed E-state index contributed by atoms with van der Waals surface area (Å²) in [4.78, 5) is 15.0. The maximum absolute atomic E-state index is 11.0. The van der Waals surface area contributed by atoms with Gasteiger partial charge in [0.2, 0.25) is 5.88 Å². The molecule has 88 valence electrons. The Balaban J connectivity index is 2.19. The molecule has 0 amide bonds. The zero-order valence-electron chi connectivity index (χ0n) is 9.21. The van der Waals surface area contributed by atoms with Gasteiger partial charge in [-0.2, -0.15) is 0 Å². The van der Waals surface area contributed by atoms with E-state index in [2.05, 4.69) is 4.98 Å². The highest BCUT2D eigenvalue weighted by molar-refractivity contribution is 5.90. The van der Waals surface area contributed by atoms with E-state index in [0.29, 0.717) is 11.5 Å². The van der Waals surface area contributed by atoms with Crippen LogP contribution in [0.3, 0.4) is 0 Å². The zero-order chi connectivity index (χ0) is 12.3. The minimum Gasteiger partial charge on any atom is -0.477 e. The van der Waals surface area contributed by atoms with Gasteiger partial charge in [0.15, 0.2) is 0 Å². The average Bonchev–Trinajstić information content (AvgIpc) is 2.78. The average molecular weight is 233 g/mol. The molecule has 0 aliphatic heterocycles. The molecule has 0 aliphatic carbocycles. The Bertz CT molecular complexity index is 519. The molecule has 2 aromatic heterocycles. The van der Waals surface area contributed by atoms with Gasteiger partial charge in [-0.25, -0.2) is 9.78 Å². The van der Waals surface area contributed by atoms with Crippen molar-refractivity contribution in [3.8, 4) is 5.88 Å². The molecule has 0 radical (unpaired) electrons. The summed E-state index contributed by atoms with van der Waals surface area (Å²) in [5.41, 5.74) is 0.742. The number of nitrogens with zero attached hydrogens (tertiary/aromatic N) is 1. The lowest BCUT2D eigenvalue weighted by atomic mass is 10.2. The van der Waals surface area contributed by atoms with Crippen LogP contribution in [0.4, 0.5) is 0 Å². The summed E-state index contributed by atoms with van der Waals surface area (Å²) in [5.74, 6) is -0.342. The molecule has 17 heavy (non-hydrogen) atoms. The first-order valence-corrected chi connectivity index (χ1v) is 5.03. The van der Waals surface area contributed by atoms with Gasteiger partial charge in [-0.15, -0.1) is 0 Å². The number of furan rings is 1. The number of aromatic nitrogens is 1. The highest BCUT2D eigenvalue weighted by Crippen LogP contribution is 2.17. The van der Waals surface area contributed by atoms with Crippen LogP contribution in [0.5, 0.6) is 5.88 Å². The van der Waals surface area contributed by atoms with Crippen molar-refractivity contribution in [1.29, 1.82) is 0 Å². The van der Waals surface area contributed by atoms with Crippen LogP contribution in [0.2, 0.25) is 0 Å².